The van der Waals surface area contributed by atoms with Gasteiger partial charge < -0.3 is 5.32 Å². The maximum absolute atomic E-state index is 13.6. The van der Waals surface area contributed by atoms with Crippen LogP contribution in [0.2, 0.25) is 0 Å². The van der Waals surface area contributed by atoms with Gasteiger partial charge in [-0.2, -0.15) is 0 Å². The van der Waals surface area contributed by atoms with Crippen LogP contribution in [0.1, 0.15) is 12.8 Å². The maximum atomic E-state index is 13.6. The normalized spacial score (nSPS) is 19.4. The van der Waals surface area contributed by atoms with Crippen molar-refractivity contribution < 1.29 is 17.2 Å². The van der Waals surface area contributed by atoms with Gasteiger partial charge >= 0.3 is 0 Å². The molecule has 2 N–H and O–H groups in total. The number of rotatable bonds is 5. The van der Waals surface area contributed by atoms with Crippen molar-refractivity contribution in [3.05, 3.63) is 28.2 Å². The molecule has 1 heterocycles. The van der Waals surface area contributed by atoms with Crippen molar-refractivity contribution in [1.82, 2.24) is 10.0 Å². The Labute approximate surface area is 125 Å². The van der Waals surface area contributed by atoms with Crippen molar-refractivity contribution in [1.29, 1.82) is 0 Å². The van der Waals surface area contributed by atoms with Gasteiger partial charge in [0.25, 0.3) is 0 Å². The maximum Gasteiger partial charge on any atom is 0.244 e. The molecule has 1 aliphatic heterocycles. The molecule has 4 nitrogen and oxygen atoms in total. The van der Waals surface area contributed by atoms with Crippen LogP contribution in [-0.4, -0.2) is 28.1 Å². The Morgan fingerprint density at radius 1 is 1.40 bits per heavy atom. The highest BCUT2D eigenvalue weighted by molar-refractivity contribution is 9.10. The lowest BCUT2D eigenvalue weighted by Crippen LogP contribution is -2.27. The van der Waals surface area contributed by atoms with Gasteiger partial charge in [0.15, 0.2) is 0 Å². The summed E-state index contributed by atoms with van der Waals surface area (Å²) in [5, 5.41) is 3.19. The molecule has 1 aromatic rings. The third kappa shape index (κ3) is 3.75. The van der Waals surface area contributed by atoms with Crippen molar-refractivity contribution in [3.63, 3.8) is 0 Å². The zero-order chi connectivity index (χ0) is 14.8. The summed E-state index contributed by atoms with van der Waals surface area (Å²) in [5.41, 5.74) is 0. The molecule has 0 spiro atoms. The van der Waals surface area contributed by atoms with E-state index in [4.69, 9.17) is 0 Å². The van der Waals surface area contributed by atoms with Gasteiger partial charge in [-0.1, -0.05) is 0 Å². The van der Waals surface area contributed by atoms with E-state index in [9.17, 15) is 17.2 Å². The van der Waals surface area contributed by atoms with Crippen LogP contribution in [0.25, 0.3) is 0 Å². The minimum absolute atomic E-state index is 0.120. The van der Waals surface area contributed by atoms with Crippen molar-refractivity contribution in [3.8, 4) is 0 Å². The minimum atomic E-state index is -3.99. The van der Waals surface area contributed by atoms with Gasteiger partial charge in [0.05, 0.1) is 0 Å². The molecule has 20 heavy (non-hydrogen) atoms. The number of sulfonamides is 1. The van der Waals surface area contributed by atoms with Crippen LogP contribution in [-0.2, 0) is 10.0 Å². The van der Waals surface area contributed by atoms with E-state index in [0.29, 0.717) is 18.4 Å². The van der Waals surface area contributed by atoms with Gasteiger partial charge in [0.2, 0.25) is 10.0 Å². The lowest BCUT2D eigenvalue weighted by molar-refractivity contribution is 0.513. The van der Waals surface area contributed by atoms with Crippen LogP contribution in [0, 0.1) is 17.6 Å². The topological polar surface area (TPSA) is 58.2 Å². The molecule has 0 saturated carbocycles. The molecule has 0 amide bonds. The van der Waals surface area contributed by atoms with Crippen LogP contribution in [0.15, 0.2) is 21.5 Å². The summed E-state index contributed by atoms with van der Waals surface area (Å²) in [5.74, 6) is -1.50. The highest BCUT2D eigenvalue weighted by Gasteiger charge is 2.24. The zero-order valence-corrected chi connectivity index (χ0v) is 13.0. The van der Waals surface area contributed by atoms with Crippen molar-refractivity contribution in [2.75, 3.05) is 19.6 Å². The fraction of sp³-hybridized carbons (Fsp3) is 0.500. The average molecular weight is 369 g/mol. The minimum Gasteiger partial charge on any atom is -0.316 e. The van der Waals surface area contributed by atoms with E-state index >= 15 is 0 Å². The largest absolute Gasteiger partial charge is 0.316 e. The molecule has 1 fully saturated rings. The number of halogens is 3. The Morgan fingerprint density at radius 3 is 2.75 bits per heavy atom. The van der Waals surface area contributed by atoms with Gasteiger partial charge in [-0.05, 0) is 53.8 Å². The van der Waals surface area contributed by atoms with E-state index < -0.39 is 26.6 Å². The first-order valence-electron chi connectivity index (χ1n) is 6.25. The predicted molar refractivity (Wildman–Crippen MR) is 74.8 cm³/mol. The van der Waals surface area contributed by atoms with Crippen molar-refractivity contribution in [2.45, 2.75) is 17.7 Å². The molecule has 8 heteroatoms. The summed E-state index contributed by atoms with van der Waals surface area (Å²) >= 11 is 2.88. The van der Waals surface area contributed by atoms with E-state index in [1.54, 1.807) is 0 Å². The lowest BCUT2D eigenvalue weighted by Gasteiger charge is -2.11. The van der Waals surface area contributed by atoms with Gasteiger partial charge in [0.1, 0.15) is 16.5 Å². The van der Waals surface area contributed by atoms with E-state index in [-0.39, 0.29) is 11.0 Å². The summed E-state index contributed by atoms with van der Waals surface area (Å²) in [6, 6.07) is 1.48. The van der Waals surface area contributed by atoms with E-state index in [2.05, 4.69) is 26.0 Å². The molecule has 112 valence electrons. The molecular weight excluding hydrogens is 354 g/mol. The molecule has 1 atom stereocenters. The average Bonchev–Trinajstić information content (AvgIpc) is 2.79. The first kappa shape index (κ1) is 15.8. The molecule has 2 rings (SSSR count). The SMILES string of the molecule is O=S(=O)(NCCC1CCNC1)c1c(F)cc(F)cc1Br. The van der Waals surface area contributed by atoms with Crippen molar-refractivity contribution in [2.24, 2.45) is 5.92 Å². The molecule has 1 saturated heterocycles. The quantitative estimate of drug-likeness (QED) is 0.835. The van der Waals surface area contributed by atoms with Crippen molar-refractivity contribution >= 4 is 26.0 Å². The van der Waals surface area contributed by atoms with E-state index in [1.807, 2.05) is 0 Å². The van der Waals surface area contributed by atoms with Gasteiger partial charge in [0, 0.05) is 17.1 Å². The summed E-state index contributed by atoms with van der Waals surface area (Å²) in [6.45, 7) is 2.05. The number of nitrogens with one attached hydrogen (secondary N) is 2. The van der Waals surface area contributed by atoms with Crippen LogP contribution in [0.4, 0.5) is 8.78 Å². The van der Waals surface area contributed by atoms with E-state index in [1.165, 1.54) is 0 Å². The fourth-order valence-corrected chi connectivity index (χ4v) is 4.43. The summed E-state index contributed by atoms with van der Waals surface area (Å²) in [7, 11) is -3.99. The van der Waals surface area contributed by atoms with Crippen LogP contribution >= 0.6 is 15.9 Å². The molecule has 1 unspecified atom stereocenters. The van der Waals surface area contributed by atoms with Gasteiger partial charge in [-0.25, -0.2) is 21.9 Å². The Balaban J connectivity index is 2.06. The smallest absolute Gasteiger partial charge is 0.244 e. The number of benzene rings is 1. The molecule has 1 aromatic carbocycles. The molecule has 0 bridgehead atoms. The monoisotopic (exact) mass is 368 g/mol. The second-order valence-corrected chi connectivity index (χ2v) is 7.30. The third-order valence-electron chi connectivity index (χ3n) is 3.24. The lowest BCUT2D eigenvalue weighted by atomic mass is 10.1. The zero-order valence-electron chi connectivity index (χ0n) is 10.6. The summed E-state index contributed by atoms with van der Waals surface area (Å²) in [6.07, 6.45) is 1.70. The van der Waals surface area contributed by atoms with Crippen LogP contribution in [0.5, 0.6) is 0 Å². The summed E-state index contributed by atoms with van der Waals surface area (Å²) < 4.78 is 52.9. The first-order valence-corrected chi connectivity index (χ1v) is 8.52. The Bertz CT molecular complexity index is 566. The highest BCUT2D eigenvalue weighted by atomic mass is 79.9. The molecule has 1 aliphatic rings. The Hall–Kier alpha value is -0.570. The Morgan fingerprint density at radius 2 is 2.15 bits per heavy atom. The van der Waals surface area contributed by atoms with Crippen LogP contribution < -0.4 is 10.0 Å². The van der Waals surface area contributed by atoms with E-state index in [0.717, 1.165) is 25.6 Å². The van der Waals surface area contributed by atoms with Crippen LogP contribution in [0.3, 0.4) is 0 Å². The third-order valence-corrected chi connectivity index (χ3v) is 5.66. The first-order chi connectivity index (χ1) is 9.40. The standard InChI is InChI=1S/C12H15BrF2N2O2S/c13-10-5-9(14)6-11(15)12(10)20(18,19)17-4-2-8-1-3-16-7-8/h5-6,8,16-17H,1-4,7H2. The molecule has 0 aliphatic carbocycles. The van der Waals surface area contributed by atoms with Gasteiger partial charge in [-0.3, -0.25) is 0 Å². The fourth-order valence-electron chi connectivity index (χ4n) is 2.22. The Kier molecular flexibility index (Phi) is 5.11. The molecule has 0 aromatic heterocycles. The molecular formula is C12H15BrF2N2O2S. The predicted octanol–water partition coefficient (Wildman–Crippen LogP) is 2.01. The summed E-state index contributed by atoms with van der Waals surface area (Å²) in [4.78, 5) is -0.552. The number of hydrogen-bond donors (Lipinski definition) is 2. The second kappa shape index (κ2) is 6.46. The number of hydrogen-bond acceptors (Lipinski definition) is 3. The highest BCUT2D eigenvalue weighted by Crippen LogP contribution is 2.26. The van der Waals surface area contributed by atoms with Gasteiger partial charge in [-0.15, -0.1) is 0 Å². The second-order valence-electron chi connectivity index (χ2n) is 4.74. The molecule has 0 radical (unpaired) electrons.